The van der Waals surface area contributed by atoms with E-state index in [9.17, 15) is 13.2 Å². The Labute approximate surface area is 193 Å². The van der Waals surface area contributed by atoms with Crippen LogP contribution in [0.4, 0.5) is 0 Å². The maximum atomic E-state index is 13.1. The summed E-state index contributed by atoms with van der Waals surface area (Å²) >= 11 is 0. The summed E-state index contributed by atoms with van der Waals surface area (Å²) in [4.78, 5) is 12.9. The quantitative estimate of drug-likeness (QED) is 0.653. The zero-order valence-corrected chi connectivity index (χ0v) is 19.5. The number of piperidine rings is 1. The molecule has 0 aromatic heterocycles. The van der Waals surface area contributed by atoms with Crippen molar-refractivity contribution in [3.05, 3.63) is 42.0 Å². The molecule has 2 heterocycles. The van der Waals surface area contributed by atoms with Crippen molar-refractivity contribution in [2.75, 3.05) is 40.5 Å². The third kappa shape index (κ3) is 4.86. The highest BCUT2D eigenvalue weighted by Gasteiger charge is 2.33. The molecule has 33 heavy (non-hydrogen) atoms. The van der Waals surface area contributed by atoms with Crippen LogP contribution in [0.1, 0.15) is 18.4 Å². The van der Waals surface area contributed by atoms with Crippen LogP contribution in [0.25, 0.3) is 0 Å². The van der Waals surface area contributed by atoms with Crippen LogP contribution in [-0.2, 0) is 21.4 Å². The van der Waals surface area contributed by atoms with Crippen LogP contribution in [0.15, 0.2) is 41.3 Å². The number of rotatable bonds is 7. The van der Waals surface area contributed by atoms with Crippen LogP contribution in [0.5, 0.6) is 23.0 Å². The molecule has 1 N–H and O–H groups in total. The smallest absolute Gasteiger partial charge is 0.243 e. The predicted molar refractivity (Wildman–Crippen MR) is 120 cm³/mol. The van der Waals surface area contributed by atoms with E-state index in [0.717, 1.165) is 5.56 Å². The van der Waals surface area contributed by atoms with Gasteiger partial charge in [0.15, 0.2) is 23.0 Å². The number of ether oxygens (including phenoxy) is 4. The second-order valence-electron chi connectivity index (χ2n) is 7.85. The monoisotopic (exact) mass is 476 g/mol. The van der Waals surface area contributed by atoms with Gasteiger partial charge in [0, 0.05) is 37.2 Å². The van der Waals surface area contributed by atoms with Gasteiger partial charge in [-0.05, 0) is 31.0 Å². The molecule has 0 bridgehead atoms. The van der Waals surface area contributed by atoms with E-state index in [2.05, 4.69) is 5.32 Å². The largest absolute Gasteiger partial charge is 0.493 e. The zero-order valence-electron chi connectivity index (χ0n) is 18.7. The lowest BCUT2D eigenvalue weighted by atomic mass is 9.97. The van der Waals surface area contributed by atoms with Crippen molar-refractivity contribution in [1.29, 1.82) is 0 Å². The molecule has 0 atom stereocenters. The fourth-order valence-corrected chi connectivity index (χ4v) is 5.60. The van der Waals surface area contributed by atoms with Gasteiger partial charge >= 0.3 is 0 Å². The molecule has 0 spiro atoms. The molecule has 0 radical (unpaired) electrons. The van der Waals surface area contributed by atoms with Gasteiger partial charge in [0.05, 0.1) is 19.1 Å². The van der Waals surface area contributed by atoms with Gasteiger partial charge in [-0.2, -0.15) is 4.31 Å². The molecular formula is C23H28N2O7S. The molecule has 2 aliphatic rings. The van der Waals surface area contributed by atoms with Crippen molar-refractivity contribution in [2.45, 2.75) is 24.3 Å². The number of carbonyl (C=O) groups is 1. The zero-order chi connectivity index (χ0) is 23.4. The van der Waals surface area contributed by atoms with E-state index in [-0.39, 0.29) is 29.8 Å². The molecule has 0 saturated carbocycles. The van der Waals surface area contributed by atoms with E-state index in [0.29, 0.717) is 55.6 Å². The molecule has 0 aliphatic carbocycles. The van der Waals surface area contributed by atoms with Gasteiger partial charge in [-0.15, -0.1) is 0 Å². The Morgan fingerprint density at radius 1 is 1.06 bits per heavy atom. The summed E-state index contributed by atoms with van der Waals surface area (Å²) in [7, 11) is -0.562. The van der Waals surface area contributed by atoms with Gasteiger partial charge in [-0.25, -0.2) is 8.42 Å². The molecule has 1 amide bonds. The summed E-state index contributed by atoms with van der Waals surface area (Å²) in [5.41, 5.74) is 0.809. The number of hydrogen-bond donors (Lipinski definition) is 1. The second kappa shape index (κ2) is 9.88. The topological polar surface area (TPSA) is 103 Å². The number of nitrogens with zero attached hydrogens (tertiary/aromatic N) is 1. The third-order valence-electron chi connectivity index (χ3n) is 5.91. The van der Waals surface area contributed by atoms with E-state index in [1.165, 1.54) is 16.4 Å². The molecule has 1 fully saturated rings. The first-order chi connectivity index (χ1) is 15.9. The number of benzene rings is 2. The minimum Gasteiger partial charge on any atom is -0.493 e. The van der Waals surface area contributed by atoms with E-state index < -0.39 is 10.0 Å². The van der Waals surface area contributed by atoms with Crippen LogP contribution in [0.3, 0.4) is 0 Å². The molecular weight excluding hydrogens is 448 g/mol. The van der Waals surface area contributed by atoms with E-state index >= 15 is 0 Å². The lowest BCUT2D eigenvalue weighted by Crippen LogP contribution is -2.42. The SMILES string of the molecule is COc1cccc(CNC(=O)C2CCN(S(=O)(=O)c3ccc4c(c3)OCCO4)CC2)c1OC. The Kier molecular flexibility index (Phi) is 6.94. The highest BCUT2D eigenvalue weighted by atomic mass is 32.2. The number of amides is 1. The Hall–Kier alpha value is -2.98. The molecule has 4 rings (SSSR count). The molecule has 2 aromatic carbocycles. The highest BCUT2D eigenvalue weighted by Crippen LogP contribution is 2.34. The van der Waals surface area contributed by atoms with Crippen LogP contribution < -0.4 is 24.3 Å². The summed E-state index contributed by atoms with van der Waals surface area (Å²) in [6.45, 7) is 1.68. The standard InChI is InChI=1S/C23H28N2O7S/c1-29-20-5-3-4-17(22(20)30-2)15-24-23(26)16-8-10-25(11-9-16)33(27,28)18-6-7-19-21(14-18)32-13-12-31-19/h3-7,14,16H,8-13,15H2,1-2H3,(H,24,26). The van der Waals surface area contributed by atoms with Crippen molar-refractivity contribution in [3.8, 4) is 23.0 Å². The van der Waals surface area contributed by atoms with Crippen molar-refractivity contribution in [2.24, 2.45) is 5.92 Å². The fraction of sp³-hybridized carbons (Fsp3) is 0.435. The van der Waals surface area contributed by atoms with Gasteiger partial charge in [0.1, 0.15) is 13.2 Å². The van der Waals surface area contributed by atoms with E-state index in [1.807, 2.05) is 12.1 Å². The maximum Gasteiger partial charge on any atom is 0.243 e. The summed E-state index contributed by atoms with van der Waals surface area (Å²) in [6, 6.07) is 10.2. The molecule has 10 heteroatoms. The average Bonchev–Trinajstić information content (AvgIpc) is 2.86. The minimum absolute atomic E-state index is 0.101. The second-order valence-corrected chi connectivity index (χ2v) is 9.79. The number of carbonyl (C=O) groups excluding carboxylic acids is 1. The average molecular weight is 477 g/mol. The van der Waals surface area contributed by atoms with Gasteiger partial charge < -0.3 is 24.3 Å². The Morgan fingerprint density at radius 2 is 1.79 bits per heavy atom. The van der Waals surface area contributed by atoms with Gasteiger partial charge in [-0.1, -0.05) is 12.1 Å². The number of fused-ring (bicyclic) bond motifs is 1. The Bertz CT molecular complexity index is 1110. The number of sulfonamides is 1. The first-order valence-electron chi connectivity index (χ1n) is 10.8. The molecule has 0 unspecified atom stereocenters. The van der Waals surface area contributed by atoms with Crippen molar-refractivity contribution < 1.29 is 32.2 Å². The predicted octanol–water partition coefficient (Wildman–Crippen LogP) is 2.19. The normalized spacial score (nSPS) is 16.8. The van der Waals surface area contributed by atoms with Gasteiger partial charge in [0.2, 0.25) is 15.9 Å². The van der Waals surface area contributed by atoms with Crippen LogP contribution in [0, 0.1) is 5.92 Å². The number of methoxy groups -OCH3 is 2. The van der Waals surface area contributed by atoms with Gasteiger partial charge in [0.25, 0.3) is 0 Å². The summed E-state index contributed by atoms with van der Waals surface area (Å²) in [5, 5.41) is 2.94. The minimum atomic E-state index is -3.68. The Balaban J connectivity index is 1.35. The first kappa shape index (κ1) is 23.2. The van der Waals surface area contributed by atoms with Crippen LogP contribution in [-0.4, -0.2) is 59.2 Å². The van der Waals surface area contributed by atoms with Crippen molar-refractivity contribution >= 4 is 15.9 Å². The molecule has 2 aliphatic heterocycles. The molecule has 178 valence electrons. The van der Waals surface area contributed by atoms with E-state index in [1.54, 1.807) is 26.4 Å². The summed E-state index contributed by atoms with van der Waals surface area (Å²) < 4.78 is 49.3. The van der Waals surface area contributed by atoms with E-state index in [4.69, 9.17) is 18.9 Å². The van der Waals surface area contributed by atoms with Crippen LogP contribution in [0.2, 0.25) is 0 Å². The first-order valence-corrected chi connectivity index (χ1v) is 12.3. The molecule has 2 aromatic rings. The number of hydrogen-bond acceptors (Lipinski definition) is 7. The lowest BCUT2D eigenvalue weighted by Gasteiger charge is -2.31. The number of nitrogens with one attached hydrogen (secondary N) is 1. The highest BCUT2D eigenvalue weighted by molar-refractivity contribution is 7.89. The number of para-hydroxylation sites is 1. The summed E-state index contributed by atoms with van der Waals surface area (Å²) in [5.74, 6) is 1.81. The molecule has 9 nitrogen and oxygen atoms in total. The Morgan fingerprint density at radius 3 is 2.48 bits per heavy atom. The lowest BCUT2D eigenvalue weighted by molar-refractivity contribution is -0.126. The summed E-state index contributed by atoms with van der Waals surface area (Å²) in [6.07, 6.45) is 0.899. The van der Waals surface area contributed by atoms with Crippen molar-refractivity contribution in [1.82, 2.24) is 9.62 Å². The fourth-order valence-electron chi connectivity index (χ4n) is 4.11. The van der Waals surface area contributed by atoms with Crippen molar-refractivity contribution in [3.63, 3.8) is 0 Å². The van der Waals surface area contributed by atoms with Crippen LogP contribution >= 0.6 is 0 Å². The third-order valence-corrected chi connectivity index (χ3v) is 7.81. The van der Waals surface area contributed by atoms with Gasteiger partial charge in [-0.3, -0.25) is 4.79 Å². The maximum absolute atomic E-state index is 13.1. The molecule has 1 saturated heterocycles.